The maximum atomic E-state index is 10.7. The minimum absolute atomic E-state index is 0. The molecule has 1 atom stereocenters. The molecule has 1 fully saturated rings. The van der Waals surface area contributed by atoms with Crippen LogP contribution in [0.2, 0.25) is 0 Å². The van der Waals surface area contributed by atoms with Crippen molar-refractivity contribution >= 4 is 18.3 Å². The average Bonchev–Trinajstić information content (AvgIpc) is 2.04. The van der Waals surface area contributed by atoms with Crippen molar-refractivity contribution in [3.8, 4) is 0 Å². The first-order valence-corrected chi connectivity index (χ1v) is 4.29. The van der Waals surface area contributed by atoms with Crippen LogP contribution in [-0.2, 0) is 4.79 Å². The second kappa shape index (κ2) is 6.26. The van der Waals surface area contributed by atoms with Crippen molar-refractivity contribution in [1.82, 2.24) is 5.32 Å². The smallest absolute Gasteiger partial charge is 0.220 e. The van der Waals surface area contributed by atoms with Crippen LogP contribution in [0, 0.1) is 5.92 Å². The summed E-state index contributed by atoms with van der Waals surface area (Å²) in [5.41, 5.74) is 5.39. The van der Waals surface area contributed by atoms with Gasteiger partial charge in [0.2, 0.25) is 5.91 Å². The van der Waals surface area contributed by atoms with E-state index in [4.69, 9.17) is 5.73 Å². The summed E-state index contributed by atoms with van der Waals surface area (Å²) in [4.78, 5) is 10.7. The van der Waals surface area contributed by atoms with Crippen LogP contribution in [0.5, 0.6) is 0 Å². The molecular weight excluding hydrogens is 176 g/mol. The maximum absolute atomic E-state index is 10.7. The molecule has 0 bridgehead atoms. The molecular formula is C8H17ClN2O. The average molecular weight is 193 g/mol. The lowest BCUT2D eigenvalue weighted by molar-refractivity contribution is -0.122. The van der Waals surface area contributed by atoms with Crippen molar-refractivity contribution in [2.75, 3.05) is 13.1 Å². The van der Waals surface area contributed by atoms with Crippen LogP contribution in [0.4, 0.5) is 0 Å². The van der Waals surface area contributed by atoms with E-state index in [-0.39, 0.29) is 18.3 Å². The van der Waals surface area contributed by atoms with Gasteiger partial charge in [0, 0.05) is 13.0 Å². The SMILES string of the molecule is Cl.NCCCC1CCC(=O)NC1. The van der Waals surface area contributed by atoms with Crippen molar-refractivity contribution in [2.45, 2.75) is 25.7 Å². The zero-order valence-electron chi connectivity index (χ0n) is 7.21. The van der Waals surface area contributed by atoms with E-state index >= 15 is 0 Å². The van der Waals surface area contributed by atoms with Crippen LogP contribution < -0.4 is 11.1 Å². The Bertz CT molecular complexity index is 131. The van der Waals surface area contributed by atoms with Gasteiger partial charge in [0.1, 0.15) is 0 Å². The summed E-state index contributed by atoms with van der Waals surface area (Å²) in [5, 5.41) is 2.86. The first-order chi connectivity index (χ1) is 5.33. The number of nitrogens with one attached hydrogen (secondary N) is 1. The fourth-order valence-corrected chi connectivity index (χ4v) is 1.44. The normalized spacial score (nSPS) is 22.8. The Morgan fingerprint density at radius 2 is 2.33 bits per heavy atom. The highest BCUT2D eigenvalue weighted by Crippen LogP contribution is 2.15. The quantitative estimate of drug-likeness (QED) is 0.691. The Hall–Kier alpha value is -0.280. The molecule has 4 heteroatoms. The summed E-state index contributed by atoms with van der Waals surface area (Å²) in [7, 11) is 0. The van der Waals surface area contributed by atoms with E-state index in [9.17, 15) is 4.79 Å². The number of hydrogen-bond donors (Lipinski definition) is 2. The highest BCUT2D eigenvalue weighted by molar-refractivity contribution is 5.85. The minimum atomic E-state index is 0. The van der Waals surface area contributed by atoms with E-state index in [1.807, 2.05) is 0 Å². The van der Waals surface area contributed by atoms with E-state index in [1.54, 1.807) is 0 Å². The van der Waals surface area contributed by atoms with Gasteiger partial charge in [0.15, 0.2) is 0 Å². The largest absolute Gasteiger partial charge is 0.356 e. The minimum Gasteiger partial charge on any atom is -0.356 e. The fourth-order valence-electron chi connectivity index (χ4n) is 1.44. The highest BCUT2D eigenvalue weighted by Gasteiger charge is 2.16. The molecule has 1 amide bonds. The van der Waals surface area contributed by atoms with Crippen molar-refractivity contribution in [2.24, 2.45) is 11.7 Å². The van der Waals surface area contributed by atoms with Gasteiger partial charge in [-0.3, -0.25) is 4.79 Å². The van der Waals surface area contributed by atoms with Crippen LogP contribution in [0.3, 0.4) is 0 Å². The van der Waals surface area contributed by atoms with Gasteiger partial charge < -0.3 is 11.1 Å². The van der Waals surface area contributed by atoms with Crippen molar-refractivity contribution in [1.29, 1.82) is 0 Å². The molecule has 1 unspecified atom stereocenters. The molecule has 1 rings (SSSR count). The number of carbonyl (C=O) groups excluding carboxylic acids is 1. The van der Waals surface area contributed by atoms with Gasteiger partial charge in [-0.15, -0.1) is 12.4 Å². The van der Waals surface area contributed by atoms with Crippen LogP contribution in [-0.4, -0.2) is 19.0 Å². The zero-order valence-corrected chi connectivity index (χ0v) is 8.03. The first-order valence-electron chi connectivity index (χ1n) is 4.29. The molecule has 12 heavy (non-hydrogen) atoms. The second-order valence-corrected chi connectivity index (χ2v) is 3.14. The zero-order chi connectivity index (χ0) is 8.10. The summed E-state index contributed by atoms with van der Waals surface area (Å²) in [6, 6.07) is 0. The lowest BCUT2D eigenvalue weighted by Gasteiger charge is -2.21. The molecule has 3 nitrogen and oxygen atoms in total. The molecule has 0 aromatic heterocycles. The van der Waals surface area contributed by atoms with Crippen LogP contribution in [0.1, 0.15) is 25.7 Å². The van der Waals surface area contributed by atoms with Crippen molar-refractivity contribution in [3.05, 3.63) is 0 Å². The standard InChI is InChI=1S/C8H16N2O.ClH/c9-5-1-2-7-3-4-8(11)10-6-7;/h7H,1-6,9H2,(H,10,11);1H. The number of carbonyl (C=O) groups is 1. The fraction of sp³-hybridized carbons (Fsp3) is 0.875. The van der Waals surface area contributed by atoms with Gasteiger partial charge in [-0.1, -0.05) is 0 Å². The molecule has 1 saturated heterocycles. The molecule has 1 aliphatic heterocycles. The Balaban J connectivity index is 0.00000121. The molecule has 72 valence electrons. The first kappa shape index (κ1) is 11.7. The topological polar surface area (TPSA) is 55.1 Å². The van der Waals surface area contributed by atoms with Crippen LogP contribution in [0.15, 0.2) is 0 Å². The number of amides is 1. The van der Waals surface area contributed by atoms with E-state index < -0.39 is 0 Å². The Morgan fingerprint density at radius 1 is 1.58 bits per heavy atom. The highest BCUT2D eigenvalue weighted by atomic mass is 35.5. The Kier molecular flexibility index (Phi) is 6.11. The van der Waals surface area contributed by atoms with E-state index in [0.717, 1.165) is 32.4 Å². The molecule has 3 N–H and O–H groups in total. The number of halogens is 1. The monoisotopic (exact) mass is 192 g/mol. The molecule has 0 aliphatic carbocycles. The van der Waals surface area contributed by atoms with E-state index in [1.165, 1.54) is 0 Å². The van der Waals surface area contributed by atoms with Crippen molar-refractivity contribution in [3.63, 3.8) is 0 Å². The molecule has 0 aromatic carbocycles. The molecule has 0 radical (unpaired) electrons. The molecule has 0 spiro atoms. The van der Waals surface area contributed by atoms with Crippen molar-refractivity contribution < 1.29 is 4.79 Å². The summed E-state index contributed by atoms with van der Waals surface area (Å²) in [5.74, 6) is 0.880. The Labute approximate surface area is 79.5 Å². The summed E-state index contributed by atoms with van der Waals surface area (Å²) in [6.45, 7) is 1.63. The second-order valence-electron chi connectivity index (χ2n) is 3.14. The molecule has 0 saturated carbocycles. The lowest BCUT2D eigenvalue weighted by atomic mass is 9.94. The molecule has 1 heterocycles. The number of nitrogens with two attached hydrogens (primary N) is 1. The van der Waals surface area contributed by atoms with Crippen LogP contribution >= 0.6 is 12.4 Å². The van der Waals surface area contributed by atoms with E-state index in [0.29, 0.717) is 12.3 Å². The van der Waals surface area contributed by atoms with Gasteiger partial charge in [-0.2, -0.15) is 0 Å². The molecule has 1 aliphatic rings. The third kappa shape index (κ3) is 3.93. The lowest BCUT2D eigenvalue weighted by Crippen LogP contribution is -2.34. The van der Waals surface area contributed by atoms with Gasteiger partial charge in [0.25, 0.3) is 0 Å². The van der Waals surface area contributed by atoms with Gasteiger partial charge in [-0.25, -0.2) is 0 Å². The predicted molar refractivity (Wildman–Crippen MR) is 51.3 cm³/mol. The number of piperidine rings is 1. The maximum Gasteiger partial charge on any atom is 0.220 e. The number of rotatable bonds is 3. The summed E-state index contributed by atoms with van der Waals surface area (Å²) < 4.78 is 0. The number of hydrogen-bond acceptors (Lipinski definition) is 2. The third-order valence-electron chi connectivity index (χ3n) is 2.18. The van der Waals surface area contributed by atoms with E-state index in [2.05, 4.69) is 5.32 Å². The third-order valence-corrected chi connectivity index (χ3v) is 2.18. The van der Waals surface area contributed by atoms with Gasteiger partial charge in [0.05, 0.1) is 0 Å². The predicted octanol–water partition coefficient (Wildman–Crippen LogP) is 0.673. The summed E-state index contributed by atoms with van der Waals surface area (Å²) in [6.07, 6.45) is 4.00. The summed E-state index contributed by atoms with van der Waals surface area (Å²) >= 11 is 0. The molecule has 0 aromatic rings. The van der Waals surface area contributed by atoms with Gasteiger partial charge >= 0.3 is 0 Å². The Morgan fingerprint density at radius 3 is 2.83 bits per heavy atom. The van der Waals surface area contributed by atoms with Gasteiger partial charge in [-0.05, 0) is 31.7 Å². The van der Waals surface area contributed by atoms with Crippen LogP contribution in [0.25, 0.3) is 0 Å².